The van der Waals surface area contributed by atoms with E-state index in [1.807, 2.05) is 0 Å². The molecule has 0 aliphatic rings. The molecule has 0 aliphatic heterocycles. The second kappa shape index (κ2) is 8.60. The molecule has 114 valence electrons. The number of thiocarbonyl (C=S) groups is 1. The highest BCUT2D eigenvalue weighted by Gasteiger charge is 2.15. The van der Waals surface area contributed by atoms with E-state index in [-0.39, 0.29) is 12.2 Å². The molecule has 1 atom stereocenters. The van der Waals surface area contributed by atoms with Crippen molar-refractivity contribution in [3.8, 4) is 0 Å². The fourth-order valence-corrected chi connectivity index (χ4v) is 1.99. The van der Waals surface area contributed by atoms with Gasteiger partial charge >= 0.3 is 0 Å². The largest absolute Gasteiger partial charge is 0.500 e. The van der Waals surface area contributed by atoms with E-state index in [0.717, 1.165) is 0 Å². The first kappa shape index (κ1) is 17.4. The van der Waals surface area contributed by atoms with Gasteiger partial charge in [-0.25, -0.2) is 0 Å². The van der Waals surface area contributed by atoms with Crippen LogP contribution in [0.15, 0.2) is 37.1 Å². The Kier molecular flexibility index (Phi) is 7.13. The molecule has 6 nitrogen and oxygen atoms in total. The number of thiol groups is 1. The van der Waals surface area contributed by atoms with Crippen LogP contribution in [0.3, 0.4) is 0 Å². The molecule has 0 spiro atoms. The van der Waals surface area contributed by atoms with Crippen LogP contribution in [0.25, 0.3) is 0 Å². The van der Waals surface area contributed by atoms with Crippen LogP contribution >= 0.6 is 24.8 Å². The molecule has 1 N–H and O–H groups in total. The molecule has 0 saturated carbocycles. The van der Waals surface area contributed by atoms with Crippen molar-refractivity contribution in [1.29, 1.82) is 0 Å². The Hall–Kier alpha value is -1.64. The molecular weight excluding hydrogens is 312 g/mol. The van der Waals surface area contributed by atoms with Crippen molar-refractivity contribution in [1.82, 2.24) is 4.90 Å². The van der Waals surface area contributed by atoms with Crippen molar-refractivity contribution in [2.45, 2.75) is 6.10 Å². The minimum atomic E-state index is -0.834. The smallest absolute Gasteiger partial charge is 0.269 e. The van der Waals surface area contributed by atoms with Crippen molar-refractivity contribution < 1.29 is 14.8 Å². The Morgan fingerprint density at radius 2 is 2.19 bits per heavy atom. The maximum atomic E-state index is 10.6. The number of non-ortho nitro benzene ring substituents is 1. The molecular formula is C13H16N2O4S2. The lowest BCUT2D eigenvalue weighted by Gasteiger charge is -2.25. The summed E-state index contributed by atoms with van der Waals surface area (Å²) in [5.41, 5.74) is 0.548. The highest BCUT2D eigenvalue weighted by Crippen LogP contribution is 2.19. The highest BCUT2D eigenvalue weighted by atomic mass is 32.1. The predicted octanol–water partition coefficient (Wildman–Crippen LogP) is 2.31. The molecule has 1 rings (SSSR count). The summed E-state index contributed by atoms with van der Waals surface area (Å²) in [5.74, 6) is 0. The minimum Gasteiger partial charge on any atom is -0.500 e. The Morgan fingerprint density at radius 1 is 1.57 bits per heavy atom. The third kappa shape index (κ3) is 5.70. The lowest BCUT2D eigenvalue weighted by Crippen LogP contribution is -2.33. The third-order valence-electron chi connectivity index (χ3n) is 2.75. The number of rotatable bonds is 8. The monoisotopic (exact) mass is 328 g/mol. The van der Waals surface area contributed by atoms with Gasteiger partial charge in [-0.3, -0.25) is 10.1 Å². The van der Waals surface area contributed by atoms with Gasteiger partial charge in [0.05, 0.1) is 23.8 Å². The van der Waals surface area contributed by atoms with E-state index < -0.39 is 11.0 Å². The Bertz CT molecular complexity index is 507. The van der Waals surface area contributed by atoms with Crippen LogP contribution in [0.1, 0.15) is 11.7 Å². The molecule has 8 heteroatoms. The fraction of sp³-hybridized carbons (Fsp3) is 0.308. The maximum absolute atomic E-state index is 10.6. The zero-order valence-electron chi connectivity index (χ0n) is 11.2. The maximum Gasteiger partial charge on any atom is 0.269 e. The summed E-state index contributed by atoms with van der Waals surface area (Å²) in [7, 11) is 0. The number of aliphatic hydroxyl groups excluding tert-OH is 1. The van der Waals surface area contributed by atoms with Crippen LogP contribution in [-0.4, -0.2) is 38.9 Å². The van der Waals surface area contributed by atoms with Crippen molar-refractivity contribution in [3.05, 3.63) is 52.8 Å². The van der Waals surface area contributed by atoms with Crippen LogP contribution in [-0.2, 0) is 4.74 Å². The van der Waals surface area contributed by atoms with Crippen molar-refractivity contribution in [2.24, 2.45) is 0 Å². The van der Waals surface area contributed by atoms with Gasteiger partial charge in [-0.1, -0.05) is 18.8 Å². The van der Waals surface area contributed by atoms with Gasteiger partial charge < -0.3 is 14.7 Å². The molecule has 0 radical (unpaired) electrons. The van der Waals surface area contributed by atoms with Gasteiger partial charge in [0.15, 0.2) is 0 Å². The minimum absolute atomic E-state index is 0.0214. The first-order valence-electron chi connectivity index (χ1n) is 6.08. The lowest BCUT2D eigenvalue weighted by atomic mass is 10.1. The Labute approximate surface area is 133 Å². The van der Waals surface area contributed by atoms with Gasteiger partial charge in [-0.15, -0.1) is 12.6 Å². The second-order valence-electron chi connectivity index (χ2n) is 4.13. The van der Waals surface area contributed by atoms with Crippen molar-refractivity contribution >= 4 is 34.9 Å². The SMILES string of the molecule is C=COCCN(CC(O)c1ccc([N+](=O)[O-])cc1)C(=S)S. The van der Waals surface area contributed by atoms with Crippen LogP contribution in [0.4, 0.5) is 5.69 Å². The van der Waals surface area contributed by atoms with Crippen LogP contribution in [0.2, 0.25) is 0 Å². The third-order valence-corrected chi connectivity index (χ3v) is 3.29. The first-order valence-corrected chi connectivity index (χ1v) is 6.94. The van der Waals surface area contributed by atoms with Crippen LogP contribution < -0.4 is 0 Å². The number of hydrogen-bond acceptors (Lipinski definition) is 5. The Morgan fingerprint density at radius 3 is 2.67 bits per heavy atom. The number of hydrogen-bond donors (Lipinski definition) is 2. The zero-order valence-corrected chi connectivity index (χ0v) is 12.9. The van der Waals surface area contributed by atoms with Gasteiger partial charge in [0.25, 0.3) is 5.69 Å². The van der Waals surface area contributed by atoms with E-state index in [2.05, 4.69) is 19.2 Å². The van der Waals surface area contributed by atoms with E-state index in [0.29, 0.717) is 23.0 Å². The average molecular weight is 328 g/mol. The highest BCUT2D eigenvalue weighted by molar-refractivity contribution is 8.10. The van der Waals surface area contributed by atoms with Crippen molar-refractivity contribution in [3.63, 3.8) is 0 Å². The summed E-state index contributed by atoms with van der Waals surface area (Å²) in [6, 6.07) is 5.73. The molecule has 1 unspecified atom stereocenters. The van der Waals surface area contributed by atoms with E-state index in [1.165, 1.54) is 30.5 Å². The number of nitrogens with zero attached hydrogens (tertiary/aromatic N) is 2. The molecule has 21 heavy (non-hydrogen) atoms. The molecule has 0 amide bonds. The molecule has 0 bridgehead atoms. The zero-order chi connectivity index (χ0) is 15.8. The molecule has 0 heterocycles. The summed E-state index contributed by atoms with van der Waals surface area (Å²) >= 11 is 9.10. The standard InChI is InChI=1S/C13H16N2O4S2/c1-2-19-8-7-14(13(20)21)9-12(16)10-3-5-11(6-4-10)15(17)18/h2-6,12,16H,1,7-9H2,(H,20,21). The van der Waals surface area contributed by atoms with Crippen molar-refractivity contribution in [2.75, 3.05) is 19.7 Å². The number of nitro benzene ring substituents is 1. The summed E-state index contributed by atoms with van der Waals surface area (Å²) in [6.07, 6.45) is 0.492. The lowest BCUT2D eigenvalue weighted by molar-refractivity contribution is -0.384. The summed E-state index contributed by atoms with van der Waals surface area (Å²) in [4.78, 5) is 11.8. The molecule has 1 aromatic carbocycles. The van der Waals surface area contributed by atoms with Gasteiger partial charge in [0, 0.05) is 18.7 Å². The van der Waals surface area contributed by atoms with E-state index >= 15 is 0 Å². The predicted molar refractivity (Wildman–Crippen MR) is 87.4 cm³/mol. The Balaban J connectivity index is 2.67. The van der Waals surface area contributed by atoms with Crippen LogP contribution in [0.5, 0.6) is 0 Å². The average Bonchev–Trinajstić information content (AvgIpc) is 2.46. The molecule has 0 saturated heterocycles. The summed E-state index contributed by atoms with van der Waals surface area (Å²) < 4.78 is 5.35. The summed E-state index contributed by atoms with van der Waals surface area (Å²) in [6.45, 7) is 4.49. The molecule has 0 aromatic heterocycles. The number of ether oxygens (including phenoxy) is 1. The summed E-state index contributed by atoms with van der Waals surface area (Å²) in [5, 5.41) is 20.7. The van der Waals surface area contributed by atoms with Gasteiger partial charge in [0.1, 0.15) is 10.9 Å². The second-order valence-corrected chi connectivity index (χ2v) is 5.24. The molecule has 0 aliphatic carbocycles. The van der Waals surface area contributed by atoms with E-state index in [4.69, 9.17) is 17.0 Å². The van der Waals surface area contributed by atoms with E-state index in [1.54, 1.807) is 4.90 Å². The molecule has 1 aromatic rings. The van der Waals surface area contributed by atoms with Gasteiger partial charge in [-0.05, 0) is 17.7 Å². The number of nitro groups is 1. The molecule has 0 fully saturated rings. The number of aliphatic hydroxyl groups is 1. The number of benzene rings is 1. The quantitative estimate of drug-likeness (QED) is 0.190. The van der Waals surface area contributed by atoms with Gasteiger partial charge in [-0.2, -0.15) is 0 Å². The fourth-order valence-electron chi connectivity index (χ4n) is 1.64. The normalized spacial score (nSPS) is 11.5. The van der Waals surface area contributed by atoms with E-state index in [9.17, 15) is 15.2 Å². The van der Waals surface area contributed by atoms with Crippen LogP contribution in [0, 0.1) is 10.1 Å². The first-order chi connectivity index (χ1) is 9.95. The topological polar surface area (TPSA) is 75.8 Å². The van der Waals surface area contributed by atoms with Gasteiger partial charge in [0.2, 0.25) is 0 Å².